The summed E-state index contributed by atoms with van der Waals surface area (Å²) in [4.78, 5) is 6.76. The first-order valence-electron chi connectivity index (χ1n) is 6.48. The highest BCUT2D eigenvalue weighted by atomic mass is 16.5. The van der Waals surface area contributed by atoms with Crippen LogP contribution in [0.15, 0.2) is 18.2 Å². The highest BCUT2D eigenvalue weighted by molar-refractivity contribution is 5.96. The maximum atomic E-state index is 5.46. The molecule has 1 aromatic carbocycles. The molecule has 0 bridgehead atoms. The third kappa shape index (κ3) is 2.63. The van der Waals surface area contributed by atoms with Crippen LogP contribution in [0.25, 0.3) is 10.9 Å². The van der Waals surface area contributed by atoms with Gasteiger partial charge in [0.1, 0.15) is 17.0 Å². The van der Waals surface area contributed by atoms with Crippen LogP contribution in [0, 0.1) is 0 Å². The topological polar surface area (TPSA) is 46.6 Å². The monoisotopic (exact) mass is 275 g/mol. The maximum absolute atomic E-state index is 5.46. The smallest absolute Gasteiger partial charge is 0.148 e. The second-order valence-electron chi connectivity index (χ2n) is 4.78. The fourth-order valence-electron chi connectivity index (χ4n) is 2.22. The standard InChI is InChI=1S/C15H21N3O2/c1-16-9-10-6-13(18(2)3)12-7-11(19-4)8-14(20-5)15(12)17-10/h6-8,16H,9H2,1-5H3. The molecule has 1 heterocycles. The van der Waals surface area contributed by atoms with Crippen LogP contribution in [0.1, 0.15) is 5.69 Å². The van der Waals surface area contributed by atoms with Crippen LogP contribution < -0.4 is 19.7 Å². The minimum Gasteiger partial charge on any atom is -0.497 e. The van der Waals surface area contributed by atoms with Gasteiger partial charge in [0, 0.05) is 37.8 Å². The van der Waals surface area contributed by atoms with Gasteiger partial charge in [0.25, 0.3) is 0 Å². The van der Waals surface area contributed by atoms with Crippen molar-refractivity contribution in [3.8, 4) is 11.5 Å². The van der Waals surface area contributed by atoms with E-state index in [1.807, 2.05) is 33.3 Å². The van der Waals surface area contributed by atoms with E-state index in [2.05, 4.69) is 21.3 Å². The van der Waals surface area contributed by atoms with Crippen LogP contribution >= 0.6 is 0 Å². The fourth-order valence-corrected chi connectivity index (χ4v) is 2.22. The van der Waals surface area contributed by atoms with Crippen molar-refractivity contribution in [2.45, 2.75) is 6.54 Å². The van der Waals surface area contributed by atoms with Crippen molar-refractivity contribution < 1.29 is 9.47 Å². The number of fused-ring (bicyclic) bond motifs is 1. The number of ether oxygens (including phenoxy) is 2. The van der Waals surface area contributed by atoms with Gasteiger partial charge in [-0.3, -0.25) is 0 Å². The van der Waals surface area contributed by atoms with Crippen LogP contribution in [0.4, 0.5) is 5.69 Å². The van der Waals surface area contributed by atoms with Crippen LogP contribution in [-0.2, 0) is 6.54 Å². The quantitative estimate of drug-likeness (QED) is 0.905. The van der Waals surface area contributed by atoms with E-state index in [0.29, 0.717) is 6.54 Å². The van der Waals surface area contributed by atoms with Gasteiger partial charge >= 0.3 is 0 Å². The van der Waals surface area contributed by atoms with Crippen molar-refractivity contribution in [1.29, 1.82) is 0 Å². The van der Waals surface area contributed by atoms with Crippen molar-refractivity contribution in [1.82, 2.24) is 10.3 Å². The van der Waals surface area contributed by atoms with E-state index < -0.39 is 0 Å². The van der Waals surface area contributed by atoms with Crippen molar-refractivity contribution in [2.75, 3.05) is 40.3 Å². The zero-order chi connectivity index (χ0) is 14.7. The normalized spacial score (nSPS) is 10.7. The van der Waals surface area contributed by atoms with Gasteiger partial charge in [0.15, 0.2) is 0 Å². The summed E-state index contributed by atoms with van der Waals surface area (Å²) in [7, 11) is 9.24. The highest BCUT2D eigenvalue weighted by Crippen LogP contribution is 2.35. The number of rotatable bonds is 5. The van der Waals surface area contributed by atoms with Gasteiger partial charge in [-0.15, -0.1) is 0 Å². The van der Waals surface area contributed by atoms with Crippen LogP contribution in [0.3, 0.4) is 0 Å². The third-order valence-corrected chi connectivity index (χ3v) is 3.18. The molecular weight excluding hydrogens is 254 g/mol. The van der Waals surface area contributed by atoms with E-state index in [-0.39, 0.29) is 0 Å². The lowest BCUT2D eigenvalue weighted by molar-refractivity contribution is 0.397. The molecule has 5 nitrogen and oxygen atoms in total. The molecule has 2 aromatic rings. The summed E-state index contributed by atoms with van der Waals surface area (Å²) < 4.78 is 10.8. The molecular formula is C15H21N3O2. The average molecular weight is 275 g/mol. The number of pyridine rings is 1. The highest BCUT2D eigenvalue weighted by Gasteiger charge is 2.13. The van der Waals surface area contributed by atoms with Gasteiger partial charge in [0.2, 0.25) is 0 Å². The Balaban J connectivity index is 2.77. The van der Waals surface area contributed by atoms with Crippen molar-refractivity contribution in [2.24, 2.45) is 0 Å². The van der Waals surface area contributed by atoms with E-state index in [1.54, 1.807) is 14.2 Å². The minimum absolute atomic E-state index is 0.714. The number of nitrogens with one attached hydrogen (secondary N) is 1. The van der Waals surface area contributed by atoms with Crippen molar-refractivity contribution in [3.63, 3.8) is 0 Å². The van der Waals surface area contributed by atoms with Crippen LogP contribution in [-0.4, -0.2) is 40.3 Å². The molecule has 0 aliphatic carbocycles. The molecule has 1 N–H and O–H groups in total. The summed E-state index contributed by atoms with van der Waals surface area (Å²) in [5.41, 5.74) is 2.93. The molecule has 0 saturated heterocycles. The lowest BCUT2D eigenvalue weighted by atomic mass is 10.1. The first kappa shape index (κ1) is 14.4. The first-order valence-corrected chi connectivity index (χ1v) is 6.48. The molecule has 0 aliphatic heterocycles. The van der Waals surface area contributed by atoms with Crippen LogP contribution in [0.2, 0.25) is 0 Å². The number of methoxy groups -OCH3 is 2. The van der Waals surface area contributed by atoms with E-state index >= 15 is 0 Å². The molecule has 0 atom stereocenters. The molecule has 0 spiro atoms. The molecule has 0 amide bonds. The first-order chi connectivity index (χ1) is 9.60. The van der Waals surface area contributed by atoms with E-state index in [9.17, 15) is 0 Å². The summed E-state index contributed by atoms with van der Waals surface area (Å²) in [5.74, 6) is 1.49. The number of nitrogens with zero attached hydrogens (tertiary/aromatic N) is 2. The van der Waals surface area contributed by atoms with E-state index in [0.717, 1.165) is 33.8 Å². The summed E-state index contributed by atoms with van der Waals surface area (Å²) >= 11 is 0. The Bertz CT molecular complexity index is 612. The number of hydrogen-bond acceptors (Lipinski definition) is 5. The van der Waals surface area contributed by atoms with Gasteiger partial charge in [-0.05, 0) is 19.2 Å². The summed E-state index contributed by atoms with van der Waals surface area (Å²) in [6.45, 7) is 0.714. The lowest BCUT2D eigenvalue weighted by Crippen LogP contribution is -2.13. The Kier molecular flexibility index (Phi) is 4.29. The Labute approximate surface area is 119 Å². The average Bonchev–Trinajstić information content (AvgIpc) is 2.45. The van der Waals surface area contributed by atoms with Gasteiger partial charge in [-0.1, -0.05) is 0 Å². The van der Waals surface area contributed by atoms with Gasteiger partial charge in [-0.2, -0.15) is 0 Å². The zero-order valence-electron chi connectivity index (χ0n) is 12.7. The largest absolute Gasteiger partial charge is 0.497 e. The summed E-state index contributed by atoms with van der Waals surface area (Å²) in [6, 6.07) is 5.93. The summed E-state index contributed by atoms with van der Waals surface area (Å²) in [5, 5.41) is 4.15. The maximum Gasteiger partial charge on any atom is 0.148 e. The van der Waals surface area contributed by atoms with Gasteiger partial charge in [0.05, 0.1) is 19.9 Å². The molecule has 0 saturated carbocycles. The number of hydrogen-bond donors (Lipinski definition) is 1. The molecule has 0 radical (unpaired) electrons. The number of benzene rings is 1. The van der Waals surface area contributed by atoms with Gasteiger partial charge in [-0.25, -0.2) is 4.98 Å². The minimum atomic E-state index is 0.714. The fraction of sp³-hybridized carbons (Fsp3) is 0.400. The second-order valence-corrected chi connectivity index (χ2v) is 4.78. The Hall–Kier alpha value is -2.01. The van der Waals surface area contributed by atoms with Crippen molar-refractivity contribution >= 4 is 16.6 Å². The molecule has 0 fully saturated rings. The van der Waals surface area contributed by atoms with E-state index in [4.69, 9.17) is 9.47 Å². The SMILES string of the molecule is CNCc1cc(N(C)C)c2cc(OC)cc(OC)c2n1. The molecule has 0 unspecified atom stereocenters. The van der Waals surface area contributed by atoms with Crippen molar-refractivity contribution in [3.05, 3.63) is 23.9 Å². The number of anilines is 1. The lowest BCUT2D eigenvalue weighted by Gasteiger charge is -2.18. The molecule has 1 aromatic heterocycles. The predicted molar refractivity (Wildman–Crippen MR) is 81.9 cm³/mol. The Morgan fingerprint density at radius 1 is 1.15 bits per heavy atom. The number of aromatic nitrogens is 1. The molecule has 0 aliphatic rings. The summed E-state index contributed by atoms with van der Waals surface area (Å²) in [6.07, 6.45) is 0. The molecule has 108 valence electrons. The predicted octanol–water partition coefficient (Wildman–Crippen LogP) is 2.04. The van der Waals surface area contributed by atoms with Crippen LogP contribution in [0.5, 0.6) is 11.5 Å². The Morgan fingerprint density at radius 2 is 1.90 bits per heavy atom. The van der Waals surface area contributed by atoms with E-state index in [1.165, 1.54) is 0 Å². The third-order valence-electron chi connectivity index (χ3n) is 3.18. The second kappa shape index (κ2) is 5.96. The molecule has 20 heavy (non-hydrogen) atoms. The molecule has 5 heteroatoms. The Morgan fingerprint density at radius 3 is 2.45 bits per heavy atom. The molecule has 2 rings (SSSR count). The zero-order valence-corrected chi connectivity index (χ0v) is 12.7. The van der Waals surface area contributed by atoms with Gasteiger partial charge < -0.3 is 19.7 Å².